The van der Waals surface area contributed by atoms with Crippen LogP contribution in [0, 0.1) is 6.92 Å². The summed E-state index contributed by atoms with van der Waals surface area (Å²) in [4.78, 5) is 16.1. The standard InChI is InChI=1S/C18H17ClN4O2/c1-12-2-4-13(5-3-12)10-20-18(24)21-11-16-22-17(23-25-16)14-6-8-15(19)9-7-14/h2-9H,10-11H2,1H3,(H2,20,21,24). The molecule has 2 N–H and O–H groups in total. The van der Waals surface area contributed by atoms with Gasteiger partial charge >= 0.3 is 6.03 Å². The first kappa shape index (κ1) is 17.0. The molecule has 0 unspecified atom stereocenters. The van der Waals surface area contributed by atoms with Gasteiger partial charge in [0.2, 0.25) is 11.7 Å². The minimum atomic E-state index is -0.299. The molecule has 7 heteroatoms. The maximum atomic E-state index is 11.8. The molecule has 0 saturated heterocycles. The first-order chi connectivity index (χ1) is 12.1. The van der Waals surface area contributed by atoms with Crippen molar-refractivity contribution in [2.24, 2.45) is 0 Å². The van der Waals surface area contributed by atoms with Crippen LogP contribution in [0.2, 0.25) is 5.02 Å². The Morgan fingerprint density at radius 1 is 1.04 bits per heavy atom. The number of rotatable bonds is 5. The lowest BCUT2D eigenvalue weighted by atomic mass is 10.1. The third-order valence-electron chi connectivity index (χ3n) is 3.54. The Labute approximate surface area is 150 Å². The van der Waals surface area contributed by atoms with Crippen molar-refractivity contribution >= 4 is 17.6 Å². The molecule has 6 nitrogen and oxygen atoms in total. The number of aryl methyl sites for hydroxylation is 1. The van der Waals surface area contributed by atoms with Gasteiger partial charge in [-0.15, -0.1) is 0 Å². The molecule has 0 radical (unpaired) electrons. The summed E-state index contributed by atoms with van der Waals surface area (Å²) in [6.07, 6.45) is 0. The summed E-state index contributed by atoms with van der Waals surface area (Å²) in [5.41, 5.74) is 3.01. The molecule has 1 aromatic heterocycles. The molecule has 0 aliphatic heterocycles. The molecule has 0 saturated carbocycles. The third-order valence-corrected chi connectivity index (χ3v) is 3.80. The van der Waals surface area contributed by atoms with E-state index in [2.05, 4.69) is 20.8 Å². The summed E-state index contributed by atoms with van der Waals surface area (Å²) in [5, 5.41) is 10.00. The fourth-order valence-corrected chi connectivity index (χ4v) is 2.28. The van der Waals surface area contributed by atoms with Crippen molar-refractivity contribution in [3.05, 3.63) is 70.6 Å². The minimum Gasteiger partial charge on any atom is -0.337 e. The Morgan fingerprint density at radius 3 is 2.44 bits per heavy atom. The van der Waals surface area contributed by atoms with Gasteiger partial charge in [-0.25, -0.2) is 4.79 Å². The molecule has 2 aromatic carbocycles. The van der Waals surface area contributed by atoms with E-state index in [0.717, 1.165) is 11.1 Å². The van der Waals surface area contributed by atoms with E-state index >= 15 is 0 Å². The highest BCUT2D eigenvalue weighted by Gasteiger charge is 2.09. The summed E-state index contributed by atoms with van der Waals surface area (Å²) < 4.78 is 5.14. The molecule has 3 aromatic rings. The zero-order valence-electron chi connectivity index (χ0n) is 13.6. The van der Waals surface area contributed by atoms with Crippen LogP contribution in [0.5, 0.6) is 0 Å². The quantitative estimate of drug-likeness (QED) is 0.730. The maximum absolute atomic E-state index is 11.8. The molecule has 3 rings (SSSR count). The Hall–Kier alpha value is -2.86. The Morgan fingerprint density at radius 2 is 1.72 bits per heavy atom. The number of urea groups is 1. The lowest BCUT2D eigenvalue weighted by Crippen LogP contribution is -2.34. The number of carbonyl (C=O) groups is 1. The molecule has 2 amide bonds. The smallest absolute Gasteiger partial charge is 0.315 e. The normalized spacial score (nSPS) is 10.5. The number of aromatic nitrogens is 2. The summed E-state index contributed by atoms with van der Waals surface area (Å²) in [6.45, 7) is 2.62. The van der Waals surface area contributed by atoms with Crippen LogP contribution in [0.4, 0.5) is 4.79 Å². The number of nitrogens with zero attached hydrogens (tertiary/aromatic N) is 2. The van der Waals surface area contributed by atoms with Gasteiger partial charge in [-0.1, -0.05) is 46.6 Å². The second kappa shape index (κ2) is 7.81. The van der Waals surface area contributed by atoms with E-state index in [1.807, 2.05) is 31.2 Å². The van der Waals surface area contributed by atoms with E-state index in [1.54, 1.807) is 24.3 Å². The van der Waals surface area contributed by atoms with Crippen LogP contribution in [0.3, 0.4) is 0 Å². The molecule has 0 fully saturated rings. The number of hydrogen-bond donors (Lipinski definition) is 2. The zero-order valence-corrected chi connectivity index (χ0v) is 14.4. The first-order valence-corrected chi connectivity index (χ1v) is 8.14. The van der Waals surface area contributed by atoms with Crippen molar-refractivity contribution in [2.45, 2.75) is 20.0 Å². The van der Waals surface area contributed by atoms with Gasteiger partial charge in [-0.2, -0.15) is 4.98 Å². The van der Waals surface area contributed by atoms with Gasteiger partial charge in [-0.3, -0.25) is 0 Å². The number of halogens is 1. The van der Waals surface area contributed by atoms with Crippen molar-refractivity contribution in [1.82, 2.24) is 20.8 Å². The van der Waals surface area contributed by atoms with E-state index in [0.29, 0.717) is 23.3 Å². The Kier molecular flexibility index (Phi) is 5.30. The number of hydrogen-bond acceptors (Lipinski definition) is 4. The number of carbonyl (C=O) groups excluding carboxylic acids is 1. The van der Waals surface area contributed by atoms with Crippen LogP contribution in [0.15, 0.2) is 53.1 Å². The molecule has 128 valence electrons. The van der Waals surface area contributed by atoms with Crippen molar-refractivity contribution in [3.8, 4) is 11.4 Å². The highest BCUT2D eigenvalue weighted by atomic mass is 35.5. The monoisotopic (exact) mass is 356 g/mol. The van der Waals surface area contributed by atoms with Crippen LogP contribution in [-0.4, -0.2) is 16.2 Å². The van der Waals surface area contributed by atoms with Gasteiger partial charge in [0.25, 0.3) is 0 Å². The van der Waals surface area contributed by atoms with Crippen molar-refractivity contribution < 1.29 is 9.32 Å². The van der Waals surface area contributed by atoms with Crippen LogP contribution >= 0.6 is 11.6 Å². The average Bonchev–Trinajstić information content (AvgIpc) is 3.09. The van der Waals surface area contributed by atoms with Gasteiger partial charge in [0, 0.05) is 17.1 Å². The van der Waals surface area contributed by atoms with Gasteiger partial charge in [0.15, 0.2) is 0 Å². The highest BCUT2D eigenvalue weighted by molar-refractivity contribution is 6.30. The van der Waals surface area contributed by atoms with Crippen LogP contribution in [0.1, 0.15) is 17.0 Å². The number of benzene rings is 2. The van der Waals surface area contributed by atoms with Gasteiger partial charge in [0.1, 0.15) is 0 Å². The molecule has 0 aliphatic carbocycles. The fraction of sp³-hybridized carbons (Fsp3) is 0.167. The Balaban J connectivity index is 1.49. The topological polar surface area (TPSA) is 80.0 Å². The summed E-state index contributed by atoms with van der Waals surface area (Å²) in [5.74, 6) is 0.781. The largest absolute Gasteiger partial charge is 0.337 e. The van der Waals surface area contributed by atoms with Crippen LogP contribution in [0.25, 0.3) is 11.4 Å². The van der Waals surface area contributed by atoms with Crippen molar-refractivity contribution in [2.75, 3.05) is 0 Å². The van der Waals surface area contributed by atoms with Crippen LogP contribution < -0.4 is 10.6 Å². The van der Waals surface area contributed by atoms with E-state index in [-0.39, 0.29) is 12.6 Å². The fourth-order valence-electron chi connectivity index (χ4n) is 2.15. The van der Waals surface area contributed by atoms with Gasteiger partial charge < -0.3 is 15.2 Å². The lowest BCUT2D eigenvalue weighted by molar-refractivity contribution is 0.238. The molecule has 0 aliphatic rings. The molecule has 1 heterocycles. The average molecular weight is 357 g/mol. The SMILES string of the molecule is Cc1ccc(CNC(=O)NCc2nc(-c3ccc(Cl)cc3)no2)cc1. The summed E-state index contributed by atoms with van der Waals surface area (Å²) in [6, 6.07) is 14.8. The lowest BCUT2D eigenvalue weighted by Gasteiger charge is -2.06. The number of amides is 2. The minimum absolute atomic E-state index is 0.153. The molecule has 0 atom stereocenters. The second-order valence-corrected chi connectivity index (χ2v) is 5.98. The van der Waals surface area contributed by atoms with Crippen molar-refractivity contribution in [3.63, 3.8) is 0 Å². The van der Waals surface area contributed by atoms with Gasteiger partial charge in [0.05, 0.1) is 6.54 Å². The summed E-state index contributed by atoms with van der Waals surface area (Å²) >= 11 is 5.85. The Bertz CT molecular complexity index is 844. The summed E-state index contributed by atoms with van der Waals surface area (Å²) in [7, 11) is 0. The number of nitrogens with one attached hydrogen (secondary N) is 2. The molecule has 0 spiro atoms. The maximum Gasteiger partial charge on any atom is 0.315 e. The predicted octanol–water partition coefficient (Wildman–Crippen LogP) is 3.70. The molecule has 0 bridgehead atoms. The van der Waals surface area contributed by atoms with E-state index in [1.165, 1.54) is 5.56 Å². The third kappa shape index (κ3) is 4.81. The molecular weight excluding hydrogens is 340 g/mol. The molecular formula is C18H17ClN4O2. The highest BCUT2D eigenvalue weighted by Crippen LogP contribution is 2.18. The van der Waals surface area contributed by atoms with Gasteiger partial charge in [-0.05, 0) is 36.8 Å². The van der Waals surface area contributed by atoms with Crippen LogP contribution in [-0.2, 0) is 13.1 Å². The first-order valence-electron chi connectivity index (χ1n) is 7.76. The zero-order chi connectivity index (χ0) is 17.6. The van der Waals surface area contributed by atoms with Crippen molar-refractivity contribution in [1.29, 1.82) is 0 Å². The second-order valence-electron chi connectivity index (χ2n) is 5.54. The molecule has 25 heavy (non-hydrogen) atoms. The van der Waals surface area contributed by atoms with E-state index in [4.69, 9.17) is 16.1 Å². The van der Waals surface area contributed by atoms with E-state index in [9.17, 15) is 4.79 Å². The predicted molar refractivity (Wildman–Crippen MR) is 95.0 cm³/mol. The van der Waals surface area contributed by atoms with E-state index < -0.39 is 0 Å².